The molecule has 0 aliphatic rings. The molecule has 7 heteroatoms. The van der Waals surface area contributed by atoms with Gasteiger partial charge in [-0.05, 0) is 56.2 Å². The van der Waals surface area contributed by atoms with Crippen molar-refractivity contribution in [3.8, 4) is 11.5 Å². The third kappa shape index (κ3) is 4.30. The Hall–Kier alpha value is -3.42. The SMILES string of the molecule is Cc1oc(-c2ccccc2)nc1Cc1cc2cc(C(C)(OCCCO)C(=O)O)ccc2o1. The van der Waals surface area contributed by atoms with Gasteiger partial charge in [-0.1, -0.05) is 24.3 Å². The molecule has 4 rings (SSSR count). The third-order valence-corrected chi connectivity index (χ3v) is 5.47. The zero-order valence-electron chi connectivity index (χ0n) is 18.0. The van der Waals surface area contributed by atoms with Gasteiger partial charge in [0.05, 0.1) is 18.7 Å². The number of aliphatic hydroxyl groups excluding tert-OH is 1. The predicted octanol–water partition coefficient (Wildman–Crippen LogP) is 4.69. The Balaban J connectivity index is 1.60. The highest BCUT2D eigenvalue weighted by atomic mass is 16.5. The third-order valence-electron chi connectivity index (χ3n) is 5.47. The van der Waals surface area contributed by atoms with E-state index in [9.17, 15) is 9.90 Å². The van der Waals surface area contributed by atoms with Crippen LogP contribution in [0.5, 0.6) is 0 Å². The van der Waals surface area contributed by atoms with Crippen LogP contribution >= 0.6 is 0 Å². The van der Waals surface area contributed by atoms with E-state index in [1.165, 1.54) is 6.92 Å². The van der Waals surface area contributed by atoms with Gasteiger partial charge in [-0.25, -0.2) is 9.78 Å². The number of hydrogen-bond donors (Lipinski definition) is 2. The van der Waals surface area contributed by atoms with Crippen LogP contribution in [0.1, 0.15) is 36.1 Å². The van der Waals surface area contributed by atoms with Gasteiger partial charge in [0.25, 0.3) is 0 Å². The molecule has 0 fully saturated rings. The fraction of sp³-hybridized carbons (Fsp3) is 0.280. The molecular formula is C25H25NO6. The van der Waals surface area contributed by atoms with Gasteiger partial charge in [0.15, 0.2) is 5.60 Å². The zero-order valence-corrected chi connectivity index (χ0v) is 18.0. The number of aromatic nitrogens is 1. The summed E-state index contributed by atoms with van der Waals surface area (Å²) in [6.45, 7) is 3.46. The summed E-state index contributed by atoms with van der Waals surface area (Å²) in [4.78, 5) is 16.5. The van der Waals surface area contributed by atoms with Crippen LogP contribution in [-0.2, 0) is 21.6 Å². The Morgan fingerprint density at radius 1 is 1.12 bits per heavy atom. The quantitative estimate of drug-likeness (QED) is 0.368. The molecule has 2 heterocycles. The fourth-order valence-corrected chi connectivity index (χ4v) is 3.55. The molecule has 0 bridgehead atoms. The highest BCUT2D eigenvalue weighted by Crippen LogP contribution is 2.31. The number of carboxylic acids is 1. The minimum Gasteiger partial charge on any atom is -0.479 e. The van der Waals surface area contributed by atoms with Gasteiger partial charge in [-0.3, -0.25) is 0 Å². The molecule has 0 radical (unpaired) electrons. The minimum absolute atomic E-state index is 0.0622. The number of oxazole rings is 1. The summed E-state index contributed by atoms with van der Waals surface area (Å²) in [5.41, 5.74) is 1.33. The van der Waals surface area contributed by atoms with Crippen molar-refractivity contribution < 1.29 is 28.6 Å². The highest BCUT2D eigenvalue weighted by Gasteiger charge is 2.36. The molecule has 0 spiro atoms. The second-order valence-electron chi connectivity index (χ2n) is 7.79. The van der Waals surface area contributed by atoms with E-state index in [0.717, 1.165) is 22.4 Å². The number of nitrogens with zero attached hydrogens (tertiary/aromatic N) is 1. The zero-order chi connectivity index (χ0) is 22.7. The van der Waals surface area contributed by atoms with Gasteiger partial charge in [-0.2, -0.15) is 0 Å². The first-order chi connectivity index (χ1) is 15.4. The lowest BCUT2D eigenvalue weighted by Gasteiger charge is -2.25. The molecule has 32 heavy (non-hydrogen) atoms. The van der Waals surface area contributed by atoms with Gasteiger partial charge < -0.3 is 23.8 Å². The monoisotopic (exact) mass is 435 g/mol. The van der Waals surface area contributed by atoms with Crippen molar-refractivity contribution >= 4 is 16.9 Å². The van der Waals surface area contributed by atoms with E-state index in [4.69, 9.17) is 18.7 Å². The van der Waals surface area contributed by atoms with Crippen LogP contribution < -0.4 is 0 Å². The van der Waals surface area contributed by atoms with E-state index in [0.29, 0.717) is 35.6 Å². The number of hydrogen-bond acceptors (Lipinski definition) is 6. The predicted molar refractivity (Wildman–Crippen MR) is 118 cm³/mol. The summed E-state index contributed by atoms with van der Waals surface area (Å²) >= 11 is 0. The Kier molecular flexibility index (Phi) is 6.12. The lowest BCUT2D eigenvalue weighted by Crippen LogP contribution is -2.36. The number of fused-ring (bicyclic) bond motifs is 1. The van der Waals surface area contributed by atoms with Crippen molar-refractivity contribution in [3.63, 3.8) is 0 Å². The summed E-state index contributed by atoms with van der Waals surface area (Å²) in [5, 5.41) is 19.5. The summed E-state index contributed by atoms with van der Waals surface area (Å²) in [5.74, 6) is 0.894. The molecule has 1 atom stereocenters. The fourth-order valence-electron chi connectivity index (χ4n) is 3.55. The van der Waals surface area contributed by atoms with E-state index in [2.05, 4.69) is 4.98 Å². The molecule has 7 nitrogen and oxygen atoms in total. The van der Waals surface area contributed by atoms with Crippen LogP contribution in [0, 0.1) is 6.92 Å². The van der Waals surface area contributed by atoms with Gasteiger partial charge in [-0.15, -0.1) is 0 Å². The summed E-state index contributed by atoms with van der Waals surface area (Å²) in [6, 6.07) is 16.8. The Morgan fingerprint density at radius 3 is 2.62 bits per heavy atom. The summed E-state index contributed by atoms with van der Waals surface area (Å²) < 4.78 is 17.4. The van der Waals surface area contributed by atoms with E-state index in [1.54, 1.807) is 18.2 Å². The van der Waals surface area contributed by atoms with Crippen molar-refractivity contribution in [2.24, 2.45) is 0 Å². The first-order valence-electron chi connectivity index (χ1n) is 10.4. The number of rotatable bonds is 9. The number of aryl methyl sites for hydroxylation is 1. The maximum Gasteiger partial charge on any atom is 0.340 e. The topological polar surface area (TPSA) is 106 Å². The molecule has 0 saturated heterocycles. The van der Waals surface area contributed by atoms with E-state index < -0.39 is 11.6 Å². The number of aliphatic carboxylic acids is 1. The first kappa shape index (κ1) is 21.8. The van der Waals surface area contributed by atoms with Crippen molar-refractivity contribution in [1.29, 1.82) is 0 Å². The van der Waals surface area contributed by atoms with Crippen LogP contribution in [0.15, 0.2) is 63.4 Å². The lowest BCUT2D eigenvalue weighted by molar-refractivity contribution is -0.165. The van der Waals surface area contributed by atoms with Gasteiger partial charge in [0.2, 0.25) is 5.89 Å². The van der Waals surface area contributed by atoms with Crippen LogP contribution in [0.3, 0.4) is 0 Å². The standard InChI is InChI=1S/C25H25NO6/c1-16-21(26-23(31-16)17-7-4-3-5-8-17)15-20-14-18-13-19(9-10-22(18)32-20)25(2,24(28)29)30-12-6-11-27/h3-5,7-10,13-14,27H,6,11-12,15H2,1-2H3,(H,28,29). The van der Waals surface area contributed by atoms with Crippen molar-refractivity contribution in [2.75, 3.05) is 13.2 Å². The molecular weight excluding hydrogens is 410 g/mol. The second-order valence-corrected chi connectivity index (χ2v) is 7.79. The second kappa shape index (κ2) is 8.98. The molecule has 2 N–H and O–H groups in total. The van der Waals surface area contributed by atoms with Gasteiger partial charge >= 0.3 is 5.97 Å². The summed E-state index contributed by atoms with van der Waals surface area (Å²) in [7, 11) is 0. The Labute approximate surface area is 185 Å². The lowest BCUT2D eigenvalue weighted by atomic mass is 9.94. The van der Waals surface area contributed by atoms with Crippen LogP contribution in [0.25, 0.3) is 22.4 Å². The molecule has 0 aliphatic carbocycles. The number of carboxylic acid groups (broad SMARTS) is 1. The number of carbonyl (C=O) groups is 1. The van der Waals surface area contributed by atoms with Gasteiger partial charge in [0.1, 0.15) is 17.1 Å². The average molecular weight is 435 g/mol. The smallest absolute Gasteiger partial charge is 0.340 e. The molecule has 2 aromatic carbocycles. The number of furan rings is 1. The van der Waals surface area contributed by atoms with Crippen molar-refractivity contribution in [2.45, 2.75) is 32.3 Å². The maximum absolute atomic E-state index is 11.9. The molecule has 166 valence electrons. The highest BCUT2D eigenvalue weighted by molar-refractivity contribution is 5.84. The normalized spacial score (nSPS) is 13.3. The van der Waals surface area contributed by atoms with E-state index >= 15 is 0 Å². The minimum atomic E-state index is -1.52. The number of aliphatic hydroxyl groups is 1. The Bertz CT molecular complexity index is 1230. The molecule has 4 aromatic rings. The Morgan fingerprint density at radius 2 is 1.91 bits per heavy atom. The van der Waals surface area contributed by atoms with Crippen LogP contribution in [0.2, 0.25) is 0 Å². The van der Waals surface area contributed by atoms with Crippen LogP contribution in [-0.4, -0.2) is 34.4 Å². The number of ether oxygens (including phenoxy) is 1. The molecule has 0 saturated carbocycles. The summed E-state index contributed by atoms with van der Waals surface area (Å²) in [6.07, 6.45) is 0.818. The molecule has 2 aromatic heterocycles. The van der Waals surface area contributed by atoms with E-state index in [1.807, 2.05) is 43.3 Å². The first-order valence-corrected chi connectivity index (χ1v) is 10.4. The van der Waals surface area contributed by atoms with Crippen molar-refractivity contribution in [1.82, 2.24) is 4.98 Å². The largest absolute Gasteiger partial charge is 0.479 e. The molecule has 0 aliphatic heterocycles. The molecule has 0 amide bonds. The average Bonchev–Trinajstić information content (AvgIpc) is 3.36. The van der Waals surface area contributed by atoms with Crippen molar-refractivity contribution in [3.05, 3.63) is 77.4 Å². The maximum atomic E-state index is 11.9. The number of benzene rings is 2. The van der Waals surface area contributed by atoms with E-state index in [-0.39, 0.29) is 13.2 Å². The van der Waals surface area contributed by atoms with Gasteiger partial charge in [0, 0.05) is 17.6 Å². The molecule has 1 unspecified atom stereocenters. The van der Waals surface area contributed by atoms with Crippen LogP contribution in [0.4, 0.5) is 0 Å².